The molecule has 0 aliphatic heterocycles. The fraction of sp³-hybridized carbons (Fsp3) is 0.238. The number of hydrogen-bond acceptors (Lipinski definition) is 4. The molecule has 0 saturated heterocycles. The highest BCUT2D eigenvalue weighted by Gasteiger charge is 2.08. The molecule has 0 aliphatic rings. The average Bonchev–Trinajstić information content (AvgIpc) is 3.20. The largest absolute Gasteiger partial charge is 0.494 e. The average molecular weight is 444 g/mol. The van der Waals surface area contributed by atoms with Gasteiger partial charge in [-0.3, -0.25) is 4.79 Å². The van der Waals surface area contributed by atoms with E-state index in [2.05, 4.69) is 26.2 Å². The number of rotatable bonds is 10. The topological polar surface area (TPSA) is 65.4 Å². The molecule has 0 fully saturated rings. The van der Waals surface area contributed by atoms with Gasteiger partial charge in [-0.1, -0.05) is 34.1 Å². The van der Waals surface area contributed by atoms with Gasteiger partial charge >= 0.3 is 0 Å². The molecular weight excluding hydrogens is 422 g/mol. The highest BCUT2D eigenvalue weighted by molar-refractivity contribution is 9.10. The van der Waals surface area contributed by atoms with E-state index >= 15 is 0 Å². The third-order valence-electron chi connectivity index (χ3n) is 3.94. The third-order valence-corrected chi connectivity index (χ3v) is 4.43. The zero-order chi connectivity index (χ0) is 19.6. The van der Waals surface area contributed by atoms with E-state index in [-0.39, 0.29) is 5.91 Å². The van der Waals surface area contributed by atoms with Gasteiger partial charge in [0.05, 0.1) is 25.2 Å². The normalized spacial score (nSPS) is 10.5. The predicted octanol–water partition coefficient (Wildman–Crippen LogP) is 4.52. The summed E-state index contributed by atoms with van der Waals surface area (Å²) in [5.41, 5.74) is 0.672. The van der Waals surface area contributed by atoms with Gasteiger partial charge in [-0.2, -0.15) is 0 Å². The van der Waals surface area contributed by atoms with E-state index in [9.17, 15) is 4.79 Å². The van der Waals surface area contributed by atoms with Crippen LogP contribution < -0.4 is 14.8 Å². The van der Waals surface area contributed by atoms with Crippen molar-refractivity contribution in [2.24, 2.45) is 0 Å². The Kier molecular flexibility index (Phi) is 7.49. The first-order valence-electron chi connectivity index (χ1n) is 9.06. The van der Waals surface area contributed by atoms with Gasteiger partial charge in [-0.05, 0) is 36.8 Å². The molecule has 2 aromatic carbocycles. The van der Waals surface area contributed by atoms with E-state index in [0.29, 0.717) is 44.0 Å². The van der Waals surface area contributed by atoms with Crippen molar-refractivity contribution in [3.8, 4) is 11.5 Å². The summed E-state index contributed by atoms with van der Waals surface area (Å²) in [6, 6.07) is 15.1. The number of para-hydroxylation sites is 2. The summed E-state index contributed by atoms with van der Waals surface area (Å²) in [7, 11) is 0. The van der Waals surface area contributed by atoms with Crippen LogP contribution in [-0.4, -0.2) is 28.7 Å². The van der Waals surface area contributed by atoms with Gasteiger partial charge in [-0.25, -0.2) is 4.98 Å². The zero-order valence-electron chi connectivity index (χ0n) is 15.4. The van der Waals surface area contributed by atoms with Crippen LogP contribution in [0, 0.1) is 0 Å². The van der Waals surface area contributed by atoms with Crippen LogP contribution in [0.15, 0.2) is 71.7 Å². The molecule has 0 saturated carbocycles. The van der Waals surface area contributed by atoms with Crippen molar-refractivity contribution < 1.29 is 14.3 Å². The van der Waals surface area contributed by atoms with Crippen LogP contribution in [0.4, 0.5) is 5.69 Å². The summed E-state index contributed by atoms with van der Waals surface area (Å²) in [4.78, 5) is 16.3. The minimum absolute atomic E-state index is 0.0662. The second-order valence-electron chi connectivity index (χ2n) is 6.10. The first-order valence-corrected chi connectivity index (χ1v) is 9.86. The zero-order valence-corrected chi connectivity index (χ0v) is 17.0. The van der Waals surface area contributed by atoms with Gasteiger partial charge in [0.15, 0.2) is 0 Å². The minimum Gasteiger partial charge on any atom is -0.494 e. The molecule has 1 N–H and O–H groups in total. The van der Waals surface area contributed by atoms with E-state index in [1.165, 1.54) is 0 Å². The fourth-order valence-electron chi connectivity index (χ4n) is 2.57. The number of imidazole rings is 1. The summed E-state index contributed by atoms with van der Waals surface area (Å²) in [6.45, 7) is 1.66. The number of halogens is 1. The number of benzene rings is 2. The van der Waals surface area contributed by atoms with Crippen LogP contribution in [0.2, 0.25) is 0 Å². The molecule has 3 rings (SSSR count). The Labute approximate surface area is 172 Å². The summed E-state index contributed by atoms with van der Waals surface area (Å²) in [6.07, 6.45) is 6.36. The van der Waals surface area contributed by atoms with E-state index < -0.39 is 0 Å². The number of anilines is 1. The van der Waals surface area contributed by atoms with Gasteiger partial charge < -0.3 is 19.4 Å². The number of carbonyl (C=O) groups is 1. The molecule has 6 nitrogen and oxygen atoms in total. The maximum absolute atomic E-state index is 12.2. The van der Waals surface area contributed by atoms with E-state index in [1.54, 1.807) is 12.5 Å². The Bertz CT molecular complexity index is 884. The predicted molar refractivity (Wildman–Crippen MR) is 112 cm³/mol. The second kappa shape index (κ2) is 10.5. The smallest absolute Gasteiger partial charge is 0.224 e. The summed E-state index contributed by atoms with van der Waals surface area (Å²) in [5, 5.41) is 2.92. The van der Waals surface area contributed by atoms with Gasteiger partial charge in [0.25, 0.3) is 0 Å². The highest BCUT2D eigenvalue weighted by Crippen LogP contribution is 2.24. The van der Waals surface area contributed by atoms with Crippen molar-refractivity contribution >= 4 is 27.5 Å². The maximum atomic E-state index is 12.2. The quantitative estimate of drug-likeness (QED) is 0.467. The van der Waals surface area contributed by atoms with Crippen LogP contribution in [0.25, 0.3) is 0 Å². The monoisotopic (exact) mass is 443 g/mol. The van der Waals surface area contributed by atoms with Crippen LogP contribution in [-0.2, 0) is 11.3 Å². The number of carbonyl (C=O) groups excluding carboxylic acids is 1. The first kappa shape index (κ1) is 19.9. The van der Waals surface area contributed by atoms with Crippen molar-refractivity contribution in [3.05, 3.63) is 71.7 Å². The van der Waals surface area contributed by atoms with Crippen LogP contribution in [0.1, 0.15) is 12.8 Å². The molecule has 7 heteroatoms. The molecule has 0 atom stereocenters. The first-order chi connectivity index (χ1) is 13.7. The lowest BCUT2D eigenvalue weighted by atomic mass is 10.2. The SMILES string of the molecule is O=C(CCCOc1cccc(Br)c1)Nc1ccccc1OCCn1ccnc1. The molecule has 3 aromatic rings. The number of nitrogens with one attached hydrogen (secondary N) is 1. The molecule has 146 valence electrons. The van der Waals surface area contributed by atoms with Crippen molar-refractivity contribution in [1.82, 2.24) is 9.55 Å². The Hall–Kier alpha value is -2.80. The third kappa shape index (κ3) is 6.42. The second-order valence-corrected chi connectivity index (χ2v) is 7.02. The fourth-order valence-corrected chi connectivity index (χ4v) is 2.95. The van der Waals surface area contributed by atoms with Crippen molar-refractivity contribution in [1.29, 1.82) is 0 Å². The molecule has 1 heterocycles. The number of hydrogen-bond donors (Lipinski definition) is 1. The van der Waals surface area contributed by atoms with Crippen LogP contribution in [0.3, 0.4) is 0 Å². The van der Waals surface area contributed by atoms with Crippen molar-refractivity contribution in [2.45, 2.75) is 19.4 Å². The lowest BCUT2D eigenvalue weighted by molar-refractivity contribution is -0.116. The number of ether oxygens (including phenoxy) is 2. The molecule has 28 heavy (non-hydrogen) atoms. The molecule has 0 aliphatic carbocycles. The minimum atomic E-state index is -0.0662. The lowest BCUT2D eigenvalue weighted by Gasteiger charge is -2.13. The van der Waals surface area contributed by atoms with Gasteiger partial charge in [-0.15, -0.1) is 0 Å². The Morgan fingerprint density at radius 3 is 2.82 bits per heavy atom. The van der Waals surface area contributed by atoms with Crippen LogP contribution in [0.5, 0.6) is 11.5 Å². The van der Waals surface area contributed by atoms with E-state index in [1.807, 2.05) is 59.3 Å². The number of nitrogens with zero attached hydrogens (tertiary/aromatic N) is 2. The van der Waals surface area contributed by atoms with Gasteiger partial charge in [0.2, 0.25) is 5.91 Å². The molecule has 0 spiro atoms. The molecule has 1 aromatic heterocycles. The number of aromatic nitrogens is 2. The Morgan fingerprint density at radius 1 is 1.11 bits per heavy atom. The Morgan fingerprint density at radius 2 is 2.00 bits per heavy atom. The summed E-state index contributed by atoms with van der Waals surface area (Å²) >= 11 is 3.41. The molecule has 1 amide bonds. The standard InChI is InChI=1S/C21H22BrN3O3/c22-17-5-3-6-18(15-17)27-13-4-9-21(26)24-19-7-1-2-8-20(19)28-14-12-25-11-10-23-16-25/h1-3,5-8,10-11,15-16H,4,9,12-14H2,(H,24,26). The molecule has 0 unspecified atom stereocenters. The summed E-state index contributed by atoms with van der Waals surface area (Å²) < 4.78 is 14.4. The molecule has 0 bridgehead atoms. The molecule has 0 radical (unpaired) electrons. The summed E-state index contributed by atoms with van der Waals surface area (Å²) in [5.74, 6) is 1.37. The van der Waals surface area contributed by atoms with Gasteiger partial charge in [0.1, 0.15) is 18.1 Å². The van der Waals surface area contributed by atoms with E-state index in [0.717, 1.165) is 10.2 Å². The number of amides is 1. The van der Waals surface area contributed by atoms with Crippen molar-refractivity contribution in [2.75, 3.05) is 18.5 Å². The van der Waals surface area contributed by atoms with E-state index in [4.69, 9.17) is 9.47 Å². The highest BCUT2D eigenvalue weighted by atomic mass is 79.9. The lowest BCUT2D eigenvalue weighted by Crippen LogP contribution is -2.14. The maximum Gasteiger partial charge on any atom is 0.224 e. The van der Waals surface area contributed by atoms with Crippen molar-refractivity contribution in [3.63, 3.8) is 0 Å². The molecular formula is C21H22BrN3O3. The van der Waals surface area contributed by atoms with Gasteiger partial charge in [0, 0.05) is 23.3 Å². The Balaban J connectivity index is 1.42. The van der Waals surface area contributed by atoms with Crippen LogP contribution >= 0.6 is 15.9 Å².